The normalized spacial score (nSPS) is 18.0. The lowest BCUT2D eigenvalue weighted by atomic mass is 9.98. The van der Waals surface area contributed by atoms with E-state index < -0.39 is 0 Å². The lowest BCUT2D eigenvalue weighted by Crippen LogP contribution is -2.20. The zero-order chi connectivity index (χ0) is 13.4. The first-order valence-corrected chi connectivity index (χ1v) is 6.98. The molecule has 4 nitrogen and oxygen atoms in total. The largest absolute Gasteiger partial charge is 0.484 e. The SMILES string of the molecule is CCn1cc(C2CC(=O)c3cc(Br)ccc3O2)cn1. The van der Waals surface area contributed by atoms with Crippen LogP contribution in [-0.4, -0.2) is 15.6 Å². The molecule has 1 aliphatic heterocycles. The third-order valence-electron chi connectivity index (χ3n) is 3.23. The van der Waals surface area contributed by atoms with E-state index in [0.717, 1.165) is 16.6 Å². The molecule has 98 valence electrons. The number of halogens is 1. The fraction of sp³-hybridized carbons (Fsp3) is 0.286. The number of ketones is 1. The van der Waals surface area contributed by atoms with Crippen LogP contribution in [0, 0.1) is 0 Å². The summed E-state index contributed by atoms with van der Waals surface area (Å²) in [5, 5.41) is 4.22. The molecular formula is C14H13BrN2O2. The maximum Gasteiger partial charge on any atom is 0.170 e. The molecular weight excluding hydrogens is 308 g/mol. The highest BCUT2D eigenvalue weighted by atomic mass is 79.9. The van der Waals surface area contributed by atoms with Crippen LogP contribution in [0.2, 0.25) is 0 Å². The van der Waals surface area contributed by atoms with E-state index in [1.807, 2.05) is 36.0 Å². The number of ether oxygens (including phenoxy) is 1. The predicted octanol–water partition coefficient (Wildman–Crippen LogP) is 3.37. The number of fused-ring (bicyclic) bond motifs is 1. The van der Waals surface area contributed by atoms with Gasteiger partial charge in [0.2, 0.25) is 0 Å². The Kier molecular flexibility index (Phi) is 3.14. The van der Waals surface area contributed by atoms with Gasteiger partial charge in [0.15, 0.2) is 5.78 Å². The number of nitrogens with zero attached hydrogens (tertiary/aromatic N) is 2. The molecule has 0 bridgehead atoms. The van der Waals surface area contributed by atoms with Gasteiger partial charge in [-0.1, -0.05) is 15.9 Å². The van der Waals surface area contributed by atoms with Gasteiger partial charge in [0.25, 0.3) is 0 Å². The second kappa shape index (κ2) is 4.81. The smallest absolute Gasteiger partial charge is 0.170 e. The minimum atomic E-state index is -0.235. The van der Waals surface area contributed by atoms with Gasteiger partial charge in [-0.25, -0.2) is 0 Å². The number of aromatic nitrogens is 2. The van der Waals surface area contributed by atoms with Crippen molar-refractivity contribution in [1.29, 1.82) is 0 Å². The molecule has 1 aromatic carbocycles. The lowest BCUT2D eigenvalue weighted by Gasteiger charge is -2.24. The average molecular weight is 321 g/mol. The Morgan fingerprint density at radius 1 is 1.53 bits per heavy atom. The van der Waals surface area contributed by atoms with Gasteiger partial charge in [0, 0.05) is 22.8 Å². The van der Waals surface area contributed by atoms with E-state index in [4.69, 9.17) is 4.74 Å². The molecule has 1 unspecified atom stereocenters. The van der Waals surface area contributed by atoms with Crippen molar-refractivity contribution in [3.05, 3.63) is 46.2 Å². The molecule has 2 aromatic rings. The Hall–Kier alpha value is -1.62. The van der Waals surface area contributed by atoms with Crippen LogP contribution in [0.1, 0.15) is 35.4 Å². The van der Waals surface area contributed by atoms with E-state index in [2.05, 4.69) is 21.0 Å². The Morgan fingerprint density at radius 2 is 2.37 bits per heavy atom. The molecule has 0 radical (unpaired) electrons. The van der Waals surface area contributed by atoms with E-state index in [-0.39, 0.29) is 11.9 Å². The van der Waals surface area contributed by atoms with Gasteiger partial charge in [-0.3, -0.25) is 9.48 Å². The van der Waals surface area contributed by atoms with Crippen LogP contribution in [0.25, 0.3) is 0 Å². The number of hydrogen-bond donors (Lipinski definition) is 0. The third-order valence-corrected chi connectivity index (χ3v) is 3.72. The number of aryl methyl sites for hydroxylation is 1. The standard InChI is InChI=1S/C14H13BrN2O2/c1-2-17-8-9(7-16-17)14-6-12(18)11-5-10(15)3-4-13(11)19-14/h3-5,7-8,14H,2,6H2,1H3. The van der Waals surface area contributed by atoms with E-state index in [9.17, 15) is 4.79 Å². The maximum absolute atomic E-state index is 12.2. The first-order valence-electron chi connectivity index (χ1n) is 6.19. The topological polar surface area (TPSA) is 44.1 Å². The Bertz CT molecular complexity index is 636. The van der Waals surface area contributed by atoms with Gasteiger partial charge in [0.05, 0.1) is 18.2 Å². The molecule has 0 saturated carbocycles. The Labute approximate surface area is 119 Å². The summed E-state index contributed by atoms with van der Waals surface area (Å²) in [7, 11) is 0. The molecule has 1 aliphatic rings. The summed E-state index contributed by atoms with van der Waals surface area (Å²) in [6.07, 6.45) is 3.83. The number of carbonyl (C=O) groups is 1. The van der Waals surface area contributed by atoms with Gasteiger partial charge in [-0.05, 0) is 25.1 Å². The van der Waals surface area contributed by atoms with Crippen molar-refractivity contribution in [3.8, 4) is 5.75 Å². The molecule has 5 heteroatoms. The van der Waals surface area contributed by atoms with Crippen molar-refractivity contribution < 1.29 is 9.53 Å². The number of carbonyl (C=O) groups excluding carboxylic acids is 1. The maximum atomic E-state index is 12.2. The Balaban J connectivity index is 1.92. The van der Waals surface area contributed by atoms with E-state index in [1.165, 1.54) is 0 Å². The van der Waals surface area contributed by atoms with Crippen LogP contribution in [0.3, 0.4) is 0 Å². The zero-order valence-corrected chi connectivity index (χ0v) is 12.1. The Morgan fingerprint density at radius 3 is 3.11 bits per heavy atom. The summed E-state index contributed by atoms with van der Waals surface area (Å²) >= 11 is 3.37. The predicted molar refractivity (Wildman–Crippen MR) is 74.4 cm³/mol. The number of rotatable bonds is 2. The molecule has 2 heterocycles. The molecule has 0 saturated heterocycles. The monoisotopic (exact) mass is 320 g/mol. The van der Waals surface area contributed by atoms with Gasteiger partial charge >= 0.3 is 0 Å². The number of Topliss-reactive ketones (excluding diaryl/α,β-unsaturated/α-hetero) is 1. The molecule has 0 spiro atoms. The van der Waals surface area contributed by atoms with Crippen molar-refractivity contribution in [2.75, 3.05) is 0 Å². The van der Waals surface area contributed by atoms with Crippen LogP contribution in [0.5, 0.6) is 5.75 Å². The van der Waals surface area contributed by atoms with Gasteiger partial charge in [-0.15, -0.1) is 0 Å². The van der Waals surface area contributed by atoms with E-state index in [0.29, 0.717) is 17.7 Å². The minimum absolute atomic E-state index is 0.108. The summed E-state index contributed by atoms with van der Waals surface area (Å²) < 4.78 is 8.63. The molecule has 0 aliphatic carbocycles. The second-order valence-electron chi connectivity index (χ2n) is 4.50. The molecule has 1 atom stereocenters. The van der Waals surface area contributed by atoms with Crippen molar-refractivity contribution in [2.24, 2.45) is 0 Å². The van der Waals surface area contributed by atoms with Crippen molar-refractivity contribution >= 4 is 21.7 Å². The van der Waals surface area contributed by atoms with Gasteiger partial charge in [0.1, 0.15) is 11.9 Å². The van der Waals surface area contributed by atoms with Crippen LogP contribution < -0.4 is 4.74 Å². The molecule has 3 rings (SSSR count). The first-order chi connectivity index (χ1) is 9.17. The van der Waals surface area contributed by atoms with Crippen LogP contribution in [0.15, 0.2) is 35.1 Å². The zero-order valence-electron chi connectivity index (χ0n) is 10.5. The number of benzene rings is 1. The summed E-state index contributed by atoms with van der Waals surface area (Å²) in [5.41, 5.74) is 1.59. The van der Waals surface area contributed by atoms with E-state index in [1.54, 1.807) is 6.20 Å². The second-order valence-corrected chi connectivity index (χ2v) is 5.42. The van der Waals surface area contributed by atoms with E-state index >= 15 is 0 Å². The third kappa shape index (κ3) is 2.30. The molecule has 0 fully saturated rings. The molecule has 1 aromatic heterocycles. The van der Waals surface area contributed by atoms with Crippen molar-refractivity contribution in [2.45, 2.75) is 26.0 Å². The van der Waals surface area contributed by atoms with Crippen molar-refractivity contribution in [3.63, 3.8) is 0 Å². The first kappa shape index (κ1) is 12.4. The van der Waals surface area contributed by atoms with Crippen LogP contribution in [0.4, 0.5) is 0 Å². The van der Waals surface area contributed by atoms with Crippen LogP contribution >= 0.6 is 15.9 Å². The minimum Gasteiger partial charge on any atom is -0.484 e. The summed E-state index contributed by atoms with van der Waals surface area (Å²) in [6.45, 7) is 2.83. The molecule has 19 heavy (non-hydrogen) atoms. The molecule has 0 amide bonds. The highest BCUT2D eigenvalue weighted by Gasteiger charge is 2.28. The fourth-order valence-corrected chi connectivity index (χ4v) is 2.56. The average Bonchev–Trinajstić information content (AvgIpc) is 2.88. The molecule has 0 N–H and O–H groups in total. The lowest BCUT2D eigenvalue weighted by molar-refractivity contribution is 0.0850. The van der Waals surface area contributed by atoms with Crippen molar-refractivity contribution in [1.82, 2.24) is 9.78 Å². The highest BCUT2D eigenvalue weighted by Crippen LogP contribution is 2.35. The van der Waals surface area contributed by atoms with Crippen LogP contribution in [-0.2, 0) is 6.54 Å². The summed E-state index contributed by atoms with van der Waals surface area (Å²) in [4.78, 5) is 12.2. The van der Waals surface area contributed by atoms with Gasteiger partial charge < -0.3 is 4.74 Å². The fourth-order valence-electron chi connectivity index (χ4n) is 2.20. The quantitative estimate of drug-likeness (QED) is 0.852. The highest BCUT2D eigenvalue weighted by molar-refractivity contribution is 9.10. The van der Waals surface area contributed by atoms with Gasteiger partial charge in [-0.2, -0.15) is 5.10 Å². The summed E-state index contributed by atoms with van der Waals surface area (Å²) in [6, 6.07) is 5.51. The number of hydrogen-bond acceptors (Lipinski definition) is 3. The summed E-state index contributed by atoms with van der Waals surface area (Å²) in [5.74, 6) is 0.755.